The molecule has 6 heteroatoms. The van der Waals surface area contributed by atoms with Crippen LogP contribution in [-0.4, -0.2) is 35.5 Å². The molecular formula is C14H21N3OS2. The number of nitrogens with zero attached hydrogens (tertiary/aromatic N) is 1. The highest BCUT2D eigenvalue weighted by molar-refractivity contribution is 8.76. The molecule has 0 spiro atoms. The lowest BCUT2D eigenvalue weighted by Crippen LogP contribution is -2.24. The average molecular weight is 311 g/mol. The second kappa shape index (κ2) is 10.8. The van der Waals surface area contributed by atoms with Crippen LogP contribution >= 0.6 is 21.6 Å². The SMILES string of the molecule is Cc1ccc(/C=C/CC(=O)NCCSSCCN)cn1. The molecule has 0 aliphatic heterocycles. The first-order valence-corrected chi connectivity index (χ1v) is 9.01. The second-order valence-corrected chi connectivity index (χ2v) is 6.82. The topological polar surface area (TPSA) is 68.0 Å². The second-order valence-electron chi connectivity index (χ2n) is 4.12. The van der Waals surface area contributed by atoms with Gasteiger partial charge in [-0.3, -0.25) is 9.78 Å². The Hall–Kier alpha value is -0.980. The van der Waals surface area contributed by atoms with Gasteiger partial charge in [-0.2, -0.15) is 0 Å². The lowest BCUT2D eigenvalue weighted by Gasteiger charge is -2.02. The molecule has 0 unspecified atom stereocenters. The summed E-state index contributed by atoms with van der Waals surface area (Å²) in [5.74, 6) is 1.90. The van der Waals surface area contributed by atoms with Gasteiger partial charge < -0.3 is 11.1 Å². The molecule has 20 heavy (non-hydrogen) atoms. The zero-order chi connectivity index (χ0) is 14.6. The van der Waals surface area contributed by atoms with Crippen molar-refractivity contribution in [1.29, 1.82) is 0 Å². The number of hydrogen-bond acceptors (Lipinski definition) is 5. The fraction of sp³-hybridized carbons (Fsp3) is 0.429. The summed E-state index contributed by atoms with van der Waals surface area (Å²) in [5.41, 5.74) is 7.39. The van der Waals surface area contributed by atoms with Crippen LogP contribution in [-0.2, 0) is 4.79 Å². The van der Waals surface area contributed by atoms with E-state index in [9.17, 15) is 4.79 Å². The van der Waals surface area contributed by atoms with Gasteiger partial charge in [0.15, 0.2) is 0 Å². The number of nitrogens with one attached hydrogen (secondary N) is 1. The van der Waals surface area contributed by atoms with Gasteiger partial charge in [0, 0.05) is 42.9 Å². The normalized spacial score (nSPS) is 10.9. The number of carbonyl (C=O) groups is 1. The summed E-state index contributed by atoms with van der Waals surface area (Å²) >= 11 is 0. The van der Waals surface area contributed by atoms with Gasteiger partial charge >= 0.3 is 0 Å². The van der Waals surface area contributed by atoms with Crippen LogP contribution in [0.15, 0.2) is 24.4 Å². The smallest absolute Gasteiger partial charge is 0.223 e. The van der Waals surface area contributed by atoms with Gasteiger partial charge in [-0.1, -0.05) is 39.8 Å². The molecule has 0 aliphatic rings. The maximum Gasteiger partial charge on any atom is 0.223 e. The third-order valence-electron chi connectivity index (χ3n) is 2.34. The van der Waals surface area contributed by atoms with Crippen LogP contribution in [0.5, 0.6) is 0 Å². The lowest BCUT2D eigenvalue weighted by molar-refractivity contribution is -0.120. The Morgan fingerprint density at radius 2 is 2.20 bits per heavy atom. The van der Waals surface area contributed by atoms with Gasteiger partial charge in [-0.25, -0.2) is 0 Å². The minimum Gasteiger partial charge on any atom is -0.355 e. The van der Waals surface area contributed by atoms with E-state index < -0.39 is 0 Å². The van der Waals surface area contributed by atoms with Crippen LogP contribution in [0.2, 0.25) is 0 Å². The third kappa shape index (κ3) is 8.24. The van der Waals surface area contributed by atoms with Gasteiger partial charge in [0.2, 0.25) is 5.91 Å². The molecule has 4 nitrogen and oxygen atoms in total. The number of rotatable bonds is 9. The summed E-state index contributed by atoms with van der Waals surface area (Å²) < 4.78 is 0. The fourth-order valence-electron chi connectivity index (χ4n) is 1.35. The Morgan fingerprint density at radius 1 is 1.40 bits per heavy atom. The van der Waals surface area contributed by atoms with Crippen LogP contribution < -0.4 is 11.1 Å². The molecule has 0 bridgehead atoms. The first-order chi connectivity index (χ1) is 9.72. The van der Waals surface area contributed by atoms with Crippen molar-refractivity contribution >= 4 is 33.6 Å². The predicted octanol–water partition coefficient (Wildman–Crippen LogP) is 2.25. The predicted molar refractivity (Wildman–Crippen MR) is 89.6 cm³/mol. The Bertz CT molecular complexity index is 421. The summed E-state index contributed by atoms with van der Waals surface area (Å²) in [7, 11) is 3.48. The van der Waals surface area contributed by atoms with E-state index in [1.165, 1.54) is 0 Å². The van der Waals surface area contributed by atoms with Crippen LogP contribution in [0.4, 0.5) is 0 Å². The highest BCUT2D eigenvalue weighted by Crippen LogP contribution is 2.18. The molecule has 1 aromatic rings. The van der Waals surface area contributed by atoms with E-state index in [-0.39, 0.29) is 5.91 Å². The van der Waals surface area contributed by atoms with E-state index in [0.29, 0.717) is 19.5 Å². The van der Waals surface area contributed by atoms with Crippen molar-refractivity contribution in [3.05, 3.63) is 35.7 Å². The van der Waals surface area contributed by atoms with Gasteiger partial charge in [0.05, 0.1) is 0 Å². The molecule has 1 heterocycles. The largest absolute Gasteiger partial charge is 0.355 e. The summed E-state index contributed by atoms with van der Waals surface area (Å²) in [6.45, 7) is 3.34. The summed E-state index contributed by atoms with van der Waals surface area (Å²) in [5, 5.41) is 2.88. The standard InChI is InChI=1S/C14H21N3OS2/c1-12-5-6-13(11-17-12)3-2-4-14(18)16-8-10-20-19-9-7-15/h2-3,5-6,11H,4,7-10,15H2,1H3,(H,16,18)/b3-2+. The molecule has 0 radical (unpaired) electrons. The molecule has 0 atom stereocenters. The van der Waals surface area contributed by atoms with Crippen molar-refractivity contribution in [1.82, 2.24) is 10.3 Å². The van der Waals surface area contributed by atoms with E-state index in [4.69, 9.17) is 5.73 Å². The monoisotopic (exact) mass is 311 g/mol. The maximum atomic E-state index is 11.6. The molecule has 0 aromatic carbocycles. The molecule has 0 saturated heterocycles. The number of nitrogens with two attached hydrogens (primary N) is 1. The zero-order valence-corrected chi connectivity index (χ0v) is 13.3. The summed E-state index contributed by atoms with van der Waals surface area (Å²) in [6.07, 6.45) is 5.97. The fourth-order valence-corrected chi connectivity index (χ4v) is 3.11. The number of carbonyl (C=O) groups excluding carboxylic acids is 1. The van der Waals surface area contributed by atoms with Gasteiger partial charge in [-0.05, 0) is 18.6 Å². The van der Waals surface area contributed by atoms with Crippen LogP contribution in [0.25, 0.3) is 6.08 Å². The van der Waals surface area contributed by atoms with Gasteiger partial charge in [0.1, 0.15) is 0 Å². The van der Waals surface area contributed by atoms with Crippen molar-refractivity contribution in [2.24, 2.45) is 5.73 Å². The number of hydrogen-bond donors (Lipinski definition) is 2. The van der Waals surface area contributed by atoms with Gasteiger partial charge in [-0.15, -0.1) is 0 Å². The number of amides is 1. The van der Waals surface area contributed by atoms with Crippen molar-refractivity contribution < 1.29 is 4.79 Å². The molecule has 1 amide bonds. The van der Waals surface area contributed by atoms with E-state index in [1.54, 1.807) is 27.8 Å². The van der Waals surface area contributed by atoms with Crippen molar-refractivity contribution in [3.63, 3.8) is 0 Å². The number of aryl methyl sites for hydroxylation is 1. The Kier molecular flexibility index (Phi) is 9.19. The third-order valence-corrected chi connectivity index (χ3v) is 4.78. The summed E-state index contributed by atoms with van der Waals surface area (Å²) in [4.78, 5) is 15.8. The van der Waals surface area contributed by atoms with E-state index in [1.807, 2.05) is 31.2 Å². The molecule has 1 aromatic heterocycles. The van der Waals surface area contributed by atoms with Crippen molar-refractivity contribution in [2.45, 2.75) is 13.3 Å². The van der Waals surface area contributed by atoms with E-state index in [2.05, 4.69) is 10.3 Å². The average Bonchev–Trinajstić information content (AvgIpc) is 2.45. The Balaban J connectivity index is 2.12. The number of pyridine rings is 1. The minimum atomic E-state index is 0.0470. The molecule has 0 fully saturated rings. The zero-order valence-electron chi connectivity index (χ0n) is 11.7. The highest BCUT2D eigenvalue weighted by Gasteiger charge is 1.97. The van der Waals surface area contributed by atoms with Crippen LogP contribution in [0, 0.1) is 6.92 Å². The Labute approximate surface area is 128 Å². The molecular weight excluding hydrogens is 290 g/mol. The molecule has 3 N–H and O–H groups in total. The minimum absolute atomic E-state index is 0.0470. The van der Waals surface area contributed by atoms with E-state index >= 15 is 0 Å². The summed E-state index contributed by atoms with van der Waals surface area (Å²) in [6, 6.07) is 3.94. The Morgan fingerprint density at radius 3 is 2.90 bits per heavy atom. The van der Waals surface area contributed by atoms with Crippen LogP contribution in [0.3, 0.4) is 0 Å². The maximum absolute atomic E-state index is 11.6. The van der Waals surface area contributed by atoms with Crippen molar-refractivity contribution in [2.75, 3.05) is 24.6 Å². The van der Waals surface area contributed by atoms with Gasteiger partial charge in [0.25, 0.3) is 0 Å². The van der Waals surface area contributed by atoms with E-state index in [0.717, 1.165) is 22.8 Å². The molecule has 0 aliphatic carbocycles. The first-order valence-electron chi connectivity index (χ1n) is 6.52. The lowest BCUT2D eigenvalue weighted by atomic mass is 10.2. The molecule has 110 valence electrons. The number of aromatic nitrogens is 1. The molecule has 0 saturated carbocycles. The molecule has 1 rings (SSSR count). The van der Waals surface area contributed by atoms with Crippen molar-refractivity contribution in [3.8, 4) is 0 Å². The first kappa shape index (κ1) is 17.1. The highest BCUT2D eigenvalue weighted by atomic mass is 33.1. The van der Waals surface area contributed by atoms with Crippen LogP contribution in [0.1, 0.15) is 17.7 Å². The quantitative estimate of drug-likeness (QED) is 0.541.